The molecule has 0 aliphatic heterocycles. The molecule has 0 saturated heterocycles. The van der Waals surface area contributed by atoms with Crippen LogP contribution in [-0.4, -0.2) is 17.4 Å². The molecule has 1 saturated carbocycles. The monoisotopic (exact) mass is 301 g/mol. The second-order valence-corrected chi connectivity index (χ2v) is 6.30. The van der Waals surface area contributed by atoms with Gasteiger partial charge in [-0.1, -0.05) is 6.92 Å². The average molecular weight is 301 g/mol. The molecule has 0 bridgehead atoms. The highest BCUT2D eigenvalue weighted by molar-refractivity contribution is 7.10. The largest absolute Gasteiger partial charge is 0.497 e. The Bertz CT molecular complexity index is 663. The normalized spacial score (nSPS) is 20.1. The van der Waals surface area contributed by atoms with E-state index in [4.69, 9.17) is 4.74 Å². The van der Waals surface area contributed by atoms with Gasteiger partial charge in [0, 0.05) is 17.0 Å². The lowest BCUT2D eigenvalue weighted by atomic mass is 10.1. The number of nitrogens with one attached hydrogen (secondary N) is 1. The van der Waals surface area contributed by atoms with Crippen molar-refractivity contribution in [2.75, 3.05) is 12.4 Å². The van der Waals surface area contributed by atoms with E-state index in [1.807, 2.05) is 31.2 Å². The molecule has 1 fully saturated rings. The Morgan fingerprint density at radius 1 is 1.38 bits per heavy atom. The summed E-state index contributed by atoms with van der Waals surface area (Å²) < 4.78 is 9.64. The standard InChI is InChI=1S/C16H18N2O2S/c1-9-8-13(9)15(19)17-16-10(2)14(18-21-16)11-4-6-12(20-3)7-5-11/h4-7,9,13H,8H2,1-3H3,(H,17,19)/t9-,13-/m1/s1/i3-1. The summed E-state index contributed by atoms with van der Waals surface area (Å²) in [6.07, 6.45) is 0.995. The Morgan fingerprint density at radius 2 is 2.05 bits per heavy atom. The maximum atomic E-state index is 12.0. The summed E-state index contributed by atoms with van der Waals surface area (Å²) in [7, 11) is 1.65. The van der Waals surface area contributed by atoms with E-state index in [2.05, 4.69) is 16.6 Å². The summed E-state index contributed by atoms with van der Waals surface area (Å²) in [5, 5.41) is 3.86. The minimum atomic E-state index is 0.121. The number of methoxy groups -OCH3 is 1. The fourth-order valence-electron chi connectivity index (χ4n) is 2.36. The highest BCUT2D eigenvalue weighted by Crippen LogP contribution is 2.40. The van der Waals surface area contributed by atoms with Gasteiger partial charge in [0.1, 0.15) is 10.8 Å². The number of anilines is 1. The van der Waals surface area contributed by atoms with Gasteiger partial charge in [0.05, 0.1) is 12.8 Å². The lowest BCUT2D eigenvalue weighted by molar-refractivity contribution is -0.117. The number of amides is 1. The van der Waals surface area contributed by atoms with Crippen molar-refractivity contribution >= 4 is 22.4 Å². The molecule has 2 aromatic rings. The fourth-order valence-corrected chi connectivity index (χ4v) is 3.17. The van der Waals surface area contributed by atoms with Gasteiger partial charge < -0.3 is 10.1 Å². The SMILES string of the molecule is Cc1c(-c2ccc(O[11CH3])cc2)nsc1NC(=O)[C@@H]1C[C@H]1C. The Hall–Kier alpha value is -1.88. The summed E-state index contributed by atoms with van der Waals surface area (Å²) in [4.78, 5) is 12.0. The Kier molecular flexibility index (Phi) is 3.68. The number of carbonyl (C=O) groups is 1. The smallest absolute Gasteiger partial charge is 0.228 e. The molecule has 1 aromatic heterocycles. The van der Waals surface area contributed by atoms with Crippen molar-refractivity contribution in [1.29, 1.82) is 0 Å². The highest BCUT2D eigenvalue weighted by atomic mass is 32.1. The average Bonchev–Trinajstić information content (AvgIpc) is 3.13. The van der Waals surface area contributed by atoms with E-state index in [1.54, 1.807) is 7.11 Å². The van der Waals surface area contributed by atoms with Crippen molar-refractivity contribution in [2.45, 2.75) is 20.3 Å². The van der Waals surface area contributed by atoms with Crippen LogP contribution in [0.1, 0.15) is 18.9 Å². The lowest BCUT2D eigenvalue weighted by Crippen LogP contribution is -2.14. The fraction of sp³-hybridized carbons (Fsp3) is 0.375. The predicted octanol–water partition coefficient (Wildman–Crippen LogP) is 3.72. The van der Waals surface area contributed by atoms with Gasteiger partial charge in [-0.15, -0.1) is 0 Å². The zero-order chi connectivity index (χ0) is 15.0. The first-order valence-corrected chi connectivity index (χ1v) is 7.79. The van der Waals surface area contributed by atoms with E-state index in [0.29, 0.717) is 5.92 Å². The number of rotatable bonds is 4. The van der Waals surface area contributed by atoms with Crippen LogP contribution in [0.2, 0.25) is 0 Å². The van der Waals surface area contributed by atoms with Crippen LogP contribution in [0.25, 0.3) is 11.3 Å². The first kappa shape index (κ1) is 14.1. The minimum Gasteiger partial charge on any atom is -0.497 e. The van der Waals surface area contributed by atoms with Crippen LogP contribution < -0.4 is 10.1 Å². The molecular formula is C16H18N2O2S. The van der Waals surface area contributed by atoms with Gasteiger partial charge in [-0.05, 0) is 55.1 Å². The number of ether oxygens (including phenoxy) is 1. The molecule has 1 aromatic carbocycles. The van der Waals surface area contributed by atoms with Crippen LogP contribution in [0, 0.1) is 18.8 Å². The van der Waals surface area contributed by atoms with Crippen LogP contribution in [0.3, 0.4) is 0 Å². The number of carbonyl (C=O) groups excluding carboxylic acids is 1. The van der Waals surface area contributed by atoms with E-state index in [9.17, 15) is 4.79 Å². The summed E-state index contributed by atoms with van der Waals surface area (Å²) in [6.45, 7) is 4.10. The summed E-state index contributed by atoms with van der Waals surface area (Å²) in [5.74, 6) is 1.63. The molecule has 1 N–H and O–H groups in total. The molecule has 2 atom stereocenters. The van der Waals surface area contributed by atoms with Crippen molar-refractivity contribution in [3.05, 3.63) is 29.8 Å². The van der Waals surface area contributed by atoms with Gasteiger partial charge in [0.15, 0.2) is 0 Å². The van der Waals surface area contributed by atoms with E-state index >= 15 is 0 Å². The van der Waals surface area contributed by atoms with E-state index in [1.165, 1.54) is 11.5 Å². The summed E-state index contributed by atoms with van der Waals surface area (Å²) >= 11 is 1.34. The molecule has 3 rings (SSSR count). The maximum absolute atomic E-state index is 12.0. The molecule has 21 heavy (non-hydrogen) atoms. The molecule has 1 heterocycles. The molecule has 4 nitrogen and oxygen atoms in total. The maximum Gasteiger partial charge on any atom is 0.228 e. The third-order valence-electron chi connectivity index (χ3n) is 3.97. The predicted molar refractivity (Wildman–Crippen MR) is 84.7 cm³/mol. The first-order valence-electron chi connectivity index (χ1n) is 7.01. The van der Waals surface area contributed by atoms with Crippen LogP contribution in [0.4, 0.5) is 5.00 Å². The second kappa shape index (κ2) is 5.48. The summed E-state index contributed by atoms with van der Waals surface area (Å²) in [5.41, 5.74) is 2.97. The topological polar surface area (TPSA) is 51.2 Å². The van der Waals surface area contributed by atoms with Crippen molar-refractivity contribution < 1.29 is 9.53 Å². The number of benzene rings is 1. The molecule has 0 radical (unpaired) electrons. The Morgan fingerprint density at radius 3 is 2.62 bits per heavy atom. The minimum absolute atomic E-state index is 0.121. The molecule has 5 heteroatoms. The summed E-state index contributed by atoms with van der Waals surface area (Å²) in [6, 6.07) is 7.79. The van der Waals surface area contributed by atoms with E-state index in [0.717, 1.165) is 34.0 Å². The molecule has 110 valence electrons. The van der Waals surface area contributed by atoms with Gasteiger partial charge in [0.25, 0.3) is 0 Å². The van der Waals surface area contributed by atoms with E-state index < -0.39 is 0 Å². The number of nitrogens with zero attached hydrogens (tertiary/aromatic N) is 1. The number of aromatic nitrogens is 1. The molecule has 1 aliphatic carbocycles. The van der Waals surface area contributed by atoms with Crippen molar-refractivity contribution in [1.82, 2.24) is 4.37 Å². The van der Waals surface area contributed by atoms with Gasteiger partial charge >= 0.3 is 0 Å². The van der Waals surface area contributed by atoms with Gasteiger partial charge in [-0.3, -0.25) is 4.79 Å². The third kappa shape index (κ3) is 2.78. The van der Waals surface area contributed by atoms with Crippen LogP contribution >= 0.6 is 11.5 Å². The third-order valence-corrected chi connectivity index (χ3v) is 4.84. The first-order chi connectivity index (χ1) is 10.1. The van der Waals surface area contributed by atoms with Crippen molar-refractivity contribution in [3.63, 3.8) is 0 Å². The van der Waals surface area contributed by atoms with Gasteiger partial charge in [-0.2, -0.15) is 4.37 Å². The molecular weight excluding hydrogens is 283 g/mol. The molecule has 0 spiro atoms. The van der Waals surface area contributed by atoms with Gasteiger partial charge in [0.2, 0.25) is 5.91 Å². The lowest BCUT2D eigenvalue weighted by Gasteiger charge is -2.04. The zero-order valence-electron chi connectivity index (χ0n) is 12.3. The Labute approximate surface area is 128 Å². The van der Waals surface area contributed by atoms with E-state index in [-0.39, 0.29) is 11.8 Å². The van der Waals surface area contributed by atoms with Crippen LogP contribution in [0.5, 0.6) is 5.75 Å². The second-order valence-electron chi connectivity index (χ2n) is 5.52. The van der Waals surface area contributed by atoms with Crippen molar-refractivity contribution in [3.8, 4) is 17.0 Å². The van der Waals surface area contributed by atoms with Crippen LogP contribution in [-0.2, 0) is 4.79 Å². The van der Waals surface area contributed by atoms with Crippen molar-refractivity contribution in [2.24, 2.45) is 11.8 Å². The Balaban J connectivity index is 1.79. The highest BCUT2D eigenvalue weighted by Gasteiger charge is 2.39. The van der Waals surface area contributed by atoms with Gasteiger partial charge in [-0.25, -0.2) is 0 Å². The molecule has 1 amide bonds. The molecule has 1 aliphatic rings. The number of hydrogen-bond acceptors (Lipinski definition) is 4. The number of hydrogen-bond donors (Lipinski definition) is 1. The zero-order valence-corrected chi connectivity index (χ0v) is 13.2. The quantitative estimate of drug-likeness (QED) is 0.936. The van der Waals surface area contributed by atoms with Crippen LogP contribution in [0.15, 0.2) is 24.3 Å². The molecule has 0 unspecified atom stereocenters.